The maximum absolute atomic E-state index is 12.9. The van der Waals surface area contributed by atoms with Crippen LogP contribution in [0.15, 0.2) is 30.4 Å². The molecule has 5 unspecified atom stereocenters. The van der Waals surface area contributed by atoms with Crippen LogP contribution in [0.25, 0.3) is 0 Å². The van der Waals surface area contributed by atoms with Crippen molar-refractivity contribution >= 4 is 50.6 Å². The number of hydrogen-bond donors (Lipinski definition) is 7. The number of carboxylic acids is 1. The Morgan fingerprint density at radius 1 is 1.02 bits per heavy atom. The Hall–Kier alpha value is -4.23. The quantitative estimate of drug-likeness (QED) is 0.0472. The van der Waals surface area contributed by atoms with Gasteiger partial charge < -0.3 is 50.2 Å². The summed E-state index contributed by atoms with van der Waals surface area (Å²) in [5, 5.41) is 47.9. The summed E-state index contributed by atoms with van der Waals surface area (Å²) in [7, 11) is 5.90. The van der Waals surface area contributed by atoms with E-state index in [1.165, 1.54) is 23.1 Å². The van der Waals surface area contributed by atoms with E-state index in [0.717, 1.165) is 17.1 Å². The zero-order valence-electron chi connectivity index (χ0n) is 28.4. The molecule has 3 rings (SSSR count). The van der Waals surface area contributed by atoms with Crippen molar-refractivity contribution in [2.24, 2.45) is 0 Å². The Bertz CT molecular complexity index is 1440. The number of nitrogens with zero attached hydrogens (tertiary/aromatic N) is 3. The number of benzene rings is 1. The topological polar surface area (TPSA) is 257 Å². The minimum Gasteiger partial charge on any atom is -0.479 e. The first-order chi connectivity index (χ1) is 24.1. The summed E-state index contributed by atoms with van der Waals surface area (Å²) in [5.41, 5.74) is 0.307. The first-order valence-corrected chi connectivity index (χ1v) is 16.0. The minimum atomic E-state index is -1.97. The maximum atomic E-state index is 12.9. The molecular weight excluding hydrogens is 683 g/mol. The Labute approximate surface area is 291 Å². The van der Waals surface area contributed by atoms with Gasteiger partial charge >= 0.3 is 12.1 Å². The number of anilines is 1. The second-order valence-corrected chi connectivity index (χ2v) is 11.7. The highest BCUT2D eigenvalue weighted by molar-refractivity contribution is 7.16. The van der Waals surface area contributed by atoms with Gasteiger partial charge in [-0.3, -0.25) is 34.3 Å². The van der Waals surface area contributed by atoms with E-state index in [2.05, 4.69) is 25.2 Å². The van der Waals surface area contributed by atoms with Crippen LogP contribution in [-0.4, -0.2) is 155 Å². The molecule has 2 aliphatic rings. The van der Waals surface area contributed by atoms with E-state index in [1.807, 2.05) is 19.0 Å². The van der Waals surface area contributed by atoms with E-state index in [9.17, 15) is 49.2 Å². The number of aliphatic hydroxyl groups is 3. The number of imide groups is 1. The van der Waals surface area contributed by atoms with E-state index in [-0.39, 0.29) is 57.2 Å². The third-order valence-electron chi connectivity index (χ3n) is 7.35. The number of likely N-dealkylation sites (N-methyl/N-ethyl adjacent to an activating group) is 1. The normalized spacial score (nSPS) is 22.6. The van der Waals surface area contributed by atoms with Gasteiger partial charge in [-0.2, -0.15) is 0 Å². The number of amides is 5. The van der Waals surface area contributed by atoms with Crippen molar-refractivity contribution in [3.8, 4) is 5.75 Å². The Morgan fingerprint density at radius 2 is 1.72 bits per heavy atom. The SMILES string of the molecule is [3H]C(P)NCN(CCN(C)C)C(=O)OCc1ccc(OC2OC(C(=O)O)C(O)[C@H](O)[C@@H]2O)c(NC(=O)CCNC(=O)CCN2C(=O)C=CC2=O)c1. The van der Waals surface area contributed by atoms with Gasteiger partial charge in [0.25, 0.3) is 11.8 Å². The van der Waals surface area contributed by atoms with Crippen LogP contribution in [0.4, 0.5) is 10.5 Å². The Balaban J connectivity index is 1.71. The summed E-state index contributed by atoms with van der Waals surface area (Å²) in [6.07, 6.45) is -9.25. The molecule has 20 heteroatoms. The molecule has 0 aromatic heterocycles. The summed E-state index contributed by atoms with van der Waals surface area (Å²) in [4.78, 5) is 77.1. The lowest BCUT2D eigenvalue weighted by molar-refractivity contribution is -0.271. The number of aliphatic hydroxyl groups excluding tert-OH is 3. The molecule has 0 spiro atoms. The van der Waals surface area contributed by atoms with Crippen LogP contribution in [0.3, 0.4) is 0 Å². The molecule has 1 aromatic carbocycles. The van der Waals surface area contributed by atoms with Gasteiger partial charge in [0, 0.05) is 58.8 Å². The predicted molar refractivity (Wildman–Crippen MR) is 176 cm³/mol. The number of carbonyl (C=O) groups is 6. The van der Waals surface area contributed by atoms with Crippen LogP contribution >= 0.6 is 9.24 Å². The summed E-state index contributed by atoms with van der Waals surface area (Å²) < 4.78 is 24.0. The van der Waals surface area contributed by atoms with Gasteiger partial charge in [0.15, 0.2) is 6.10 Å². The third kappa shape index (κ3) is 11.7. The Kier molecular flexibility index (Phi) is 14.8. The first kappa shape index (κ1) is 38.6. The summed E-state index contributed by atoms with van der Waals surface area (Å²) in [6.45, 7) is 0.262. The standard InChI is InChI=1S/C30H43N6O13P/c1-34(2)11-12-35(15-31-16-50)30(46)47-14-17-3-4-19(48-29-26(43)24(41)25(42)27(49-29)28(44)45)18(13-17)33-21(38)7-9-32-20(37)8-10-36-22(39)5-6-23(36)40/h3-6,13,24-27,29,31,41-43H,7-12,14-16,50H2,1-2H3,(H,32,37)(H,33,38)(H,44,45)/t24-,25?,26-,27?,29?/m0/s1/i16T/t16?,24-,25?,26-,27?,29?. The van der Waals surface area contributed by atoms with Gasteiger partial charge in [-0.05, 0) is 31.8 Å². The summed E-state index contributed by atoms with van der Waals surface area (Å²) in [6, 6.07) is 4.13. The van der Waals surface area contributed by atoms with E-state index in [0.29, 0.717) is 12.1 Å². The van der Waals surface area contributed by atoms with Crippen LogP contribution in [0.5, 0.6) is 5.75 Å². The number of nitrogens with one attached hydrogen (secondary N) is 3. The molecule has 5 amide bonds. The molecular formula is C30H43N6O13P. The van der Waals surface area contributed by atoms with Crippen molar-refractivity contribution in [1.29, 1.82) is 0 Å². The van der Waals surface area contributed by atoms with Gasteiger partial charge in [-0.1, -0.05) is 6.07 Å². The van der Waals surface area contributed by atoms with Crippen molar-refractivity contribution in [2.75, 3.05) is 58.5 Å². The number of hydrogen-bond acceptors (Lipinski definition) is 14. The molecule has 1 aromatic rings. The number of rotatable bonds is 18. The van der Waals surface area contributed by atoms with Gasteiger partial charge in [-0.15, -0.1) is 9.24 Å². The number of carbonyl (C=O) groups excluding carboxylic acids is 5. The van der Waals surface area contributed by atoms with E-state index in [4.69, 9.17) is 15.6 Å². The molecule has 0 radical (unpaired) electrons. The fourth-order valence-corrected chi connectivity index (χ4v) is 4.68. The Morgan fingerprint density at radius 3 is 2.36 bits per heavy atom. The largest absolute Gasteiger partial charge is 0.479 e. The molecule has 7 atom stereocenters. The number of ether oxygens (including phenoxy) is 3. The van der Waals surface area contributed by atoms with Gasteiger partial charge in [0.1, 0.15) is 30.7 Å². The van der Waals surface area contributed by atoms with Crippen molar-refractivity contribution in [2.45, 2.75) is 50.2 Å². The predicted octanol–water partition coefficient (Wildman–Crippen LogP) is -2.40. The molecule has 0 bridgehead atoms. The molecule has 2 heterocycles. The van der Waals surface area contributed by atoms with Crippen LogP contribution in [0.1, 0.15) is 19.8 Å². The highest BCUT2D eigenvalue weighted by Crippen LogP contribution is 2.31. The molecule has 276 valence electrons. The zero-order valence-corrected chi connectivity index (χ0v) is 28.5. The average molecular weight is 729 g/mol. The molecule has 1 fully saturated rings. The lowest BCUT2D eigenvalue weighted by atomic mass is 9.99. The smallest absolute Gasteiger partial charge is 0.411 e. The molecule has 0 aliphatic carbocycles. The lowest BCUT2D eigenvalue weighted by Gasteiger charge is -2.38. The number of carboxylic acid groups (broad SMARTS) is 1. The van der Waals surface area contributed by atoms with Crippen molar-refractivity contribution in [3.05, 3.63) is 35.9 Å². The van der Waals surface area contributed by atoms with Crippen molar-refractivity contribution in [1.82, 2.24) is 25.3 Å². The van der Waals surface area contributed by atoms with Crippen molar-refractivity contribution in [3.63, 3.8) is 0 Å². The monoisotopic (exact) mass is 728 g/mol. The van der Waals surface area contributed by atoms with Crippen LogP contribution in [-0.2, 0) is 40.1 Å². The third-order valence-corrected chi connectivity index (χ3v) is 7.58. The molecule has 1 saturated heterocycles. The van der Waals surface area contributed by atoms with Crippen LogP contribution in [0.2, 0.25) is 0 Å². The fourth-order valence-electron chi connectivity index (χ4n) is 4.58. The number of aliphatic carboxylic acids is 1. The van der Waals surface area contributed by atoms with Crippen LogP contribution < -0.4 is 20.7 Å². The van der Waals surface area contributed by atoms with Crippen molar-refractivity contribution < 1.29 is 64.8 Å². The van der Waals surface area contributed by atoms with Gasteiger partial charge in [0.05, 0.1) is 12.4 Å². The molecule has 0 saturated carbocycles. The maximum Gasteiger partial charge on any atom is 0.411 e. The average Bonchev–Trinajstić information content (AvgIpc) is 3.39. The first-order valence-electron chi connectivity index (χ1n) is 15.9. The molecule has 19 nitrogen and oxygen atoms in total. The fraction of sp³-hybridized carbons (Fsp3) is 0.533. The van der Waals surface area contributed by atoms with E-state index in [1.54, 1.807) is 0 Å². The molecule has 2 aliphatic heterocycles. The summed E-state index contributed by atoms with van der Waals surface area (Å²) in [5.74, 6) is -4.02. The van der Waals surface area contributed by atoms with Gasteiger partial charge in [-0.25, -0.2) is 9.59 Å². The summed E-state index contributed by atoms with van der Waals surface area (Å²) >= 11 is 0. The highest BCUT2D eigenvalue weighted by Gasteiger charge is 2.48. The second kappa shape index (κ2) is 19.2. The molecule has 7 N–H and O–H groups in total. The minimum absolute atomic E-state index is 0.0300. The lowest BCUT2D eigenvalue weighted by Crippen LogP contribution is -2.61. The second-order valence-electron chi connectivity index (χ2n) is 11.4. The highest BCUT2D eigenvalue weighted by atomic mass is 31.0. The van der Waals surface area contributed by atoms with Gasteiger partial charge in [0.2, 0.25) is 18.1 Å². The zero-order chi connectivity index (χ0) is 37.8. The van der Waals surface area contributed by atoms with E-state index >= 15 is 0 Å². The molecule has 50 heavy (non-hydrogen) atoms. The van der Waals surface area contributed by atoms with E-state index < -0.39 is 72.7 Å². The van der Waals surface area contributed by atoms with Crippen LogP contribution in [0, 0.1) is 0 Å².